The van der Waals surface area contributed by atoms with E-state index < -0.39 is 18.3 Å². The van der Waals surface area contributed by atoms with Crippen molar-refractivity contribution in [2.45, 2.75) is 31.7 Å². The van der Waals surface area contributed by atoms with Crippen molar-refractivity contribution in [3.63, 3.8) is 0 Å². The summed E-state index contributed by atoms with van der Waals surface area (Å²) in [5, 5.41) is 8.62. The summed E-state index contributed by atoms with van der Waals surface area (Å²) in [5.74, 6) is 0. The molecule has 0 amide bonds. The molecule has 0 aliphatic carbocycles. The molecule has 0 aliphatic rings. The molecule has 62 valence electrons. The molecule has 0 aromatic heterocycles. The number of nitrogens with two attached hydrogens (primary N) is 1. The number of halogens is 3. The van der Waals surface area contributed by atoms with Gasteiger partial charge in [0.2, 0.25) is 0 Å². The maximum absolute atomic E-state index is 11.6. The Morgan fingerprint density at radius 2 is 1.90 bits per heavy atom. The van der Waals surface area contributed by atoms with Crippen molar-refractivity contribution in [3.8, 4) is 0 Å². The van der Waals surface area contributed by atoms with Crippen LogP contribution in [0.25, 0.3) is 0 Å². The first-order valence-corrected chi connectivity index (χ1v) is 2.90. The number of aliphatic hydroxyl groups excluding tert-OH is 1. The van der Waals surface area contributed by atoms with E-state index in [-0.39, 0.29) is 6.42 Å². The molecule has 0 aliphatic heterocycles. The Morgan fingerprint density at radius 1 is 1.50 bits per heavy atom. The van der Waals surface area contributed by atoms with E-state index in [4.69, 9.17) is 5.11 Å². The number of aliphatic hydroxyl groups is 1. The van der Waals surface area contributed by atoms with Crippen LogP contribution in [0.3, 0.4) is 0 Å². The largest absolute Gasteiger partial charge is 0.406 e. The second kappa shape index (κ2) is 3.21. The smallest absolute Gasteiger partial charge is 0.391 e. The second-order valence-corrected chi connectivity index (χ2v) is 2.04. The molecule has 0 spiro atoms. The van der Waals surface area contributed by atoms with Crippen LogP contribution >= 0.6 is 0 Å². The quantitative estimate of drug-likeness (QED) is 0.618. The van der Waals surface area contributed by atoms with Crippen molar-refractivity contribution in [2.75, 3.05) is 0 Å². The van der Waals surface area contributed by atoms with E-state index >= 15 is 0 Å². The fourth-order valence-electron chi connectivity index (χ4n) is 0.472. The van der Waals surface area contributed by atoms with Crippen LogP contribution < -0.4 is 5.73 Å². The monoisotopic (exact) mass is 157 g/mol. The normalized spacial score (nSPS) is 18.6. The van der Waals surface area contributed by atoms with Crippen LogP contribution in [0, 0.1) is 0 Å². The van der Waals surface area contributed by atoms with Gasteiger partial charge in [-0.05, 0) is 6.42 Å². The highest BCUT2D eigenvalue weighted by Crippen LogP contribution is 2.21. The molecular weight excluding hydrogens is 147 g/mol. The van der Waals surface area contributed by atoms with Crippen LogP contribution in [0.4, 0.5) is 13.2 Å². The first-order chi connectivity index (χ1) is 4.39. The van der Waals surface area contributed by atoms with Crippen molar-refractivity contribution in [2.24, 2.45) is 5.73 Å². The molecule has 0 rings (SSSR count). The van der Waals surface area contributed by atoms with Crippen LogP contribution in [0.5, 0.6) is 0 Å². The molecular formula is C5H10F3NO. The van der Waals surface area contributed by atoms with E-state index in [1.54, 1.807) is 0 Å². The summed E-state index contributed by atoms with van der Waals surface area (Å²) >= 11 is 0. The van der Waals surface area contributed by atoms with E-state index in [0.29, 0.717) is 0 Å². The molecule has 0 aromatic carbocycles. The van der Waals surface area contributed by atoms with Crippen molar-refractivity contribution in [1.82, 2.24) is 0 Å². The van der Waals surface area contributed by atoms with Crippen molar-refractivity contribution < 1.29 is 18.3 Å². The number of alkyl halides is 3. The number of hydrogen-bond acceptors (Lipinski definition) is 2. The lowest BCUT2D eigenvalue weighted by molar-refractivity contribution is -0.168. The summed E-state index contributed by atoms with van der Waals surface area (Å²) in [7, 11) is 0. The predicted octanol–water partition coefficient (Wildman–Crippen LogP) is 0.647. The van der Waals surface area contributed by atoms with Crippen LogP contribution in [-0.4, -0.2) is 23.4 Å². The fourth-order valence-corrected chi connectivity index (χ4v) is 0.472. The lowest BCUT2D eigenvalue weighted by Gasteiger charge is -2.19. The van der Waals surface area contributed by atoms with Gasteiger partial charge in [0.25, 0.3) is 0 Å². The first-order valence-electron chi connectivity index (χ1n) is 2.90. The zero-order valence-corrected chi connectivity index (χ0v) is 5.52. The van der Waals surface area contributed by atoms with Gasteiger partial charge in [0, 0.05) is 0 Å². The van der Waals surface area contributed by atoms with Gasteiger partial charge in [0.05, 0.1) is 6.10 Å². The third kappa shape index (κ3) is 2.53. The maximum Gasteiger partial charge on any atom is 0.406 e. The highest BCUT2D eigenvalue weighted by molar-refractivity contribution is 4.77. The molecule has 5 heteroatoms. The zero-order valence-electron chi connectivity index (χ0n) is 5.52. The van der Waals surface area contributed by atoms with Gasteiger partial charge in [-0.25, -0.2) is 0 Å². The third-order valence-corrected chi connectivity index (χ3v) is 1.21. The molecule has 2 nitrogen and oxygen atoms in total. The maximum atomic E-state index is 11.6. The lowest BCUT2D eigenvalue weighted by atomic mass is 10.1. The van der Waals surface area contributed by atoms with Gasteiger partial charge in [0.15, 0.2) is 0 Å². The Hall–Kier alpha value is -0.290. The molecule has 2 atom stereocenters. The fraction of sp³-hybridized carbons (Fsp3) is 1.00. The summed E-state index contributed by atoms with van der Waals surface area (Å²) in [6.45, 7) is 1.44. The summed E-state index contributed by atoms with van der Waals surface area (Å²) in [6.07, 6.45) is -5.96. The summed E-state index contributed by atoms with van der Waals surface area (Å²) in [6, 6.07) is -2.11. The predicted molar refractivity (Wildman–Crippen MR) is 30.3 cm³/mol. The average molecular weight is 157 g/mol. The van der Waals surface area contributed by atoms with Gasteiger partial charge in [-0.2, -0.15) is 13.2 Å². The summed E-state index contributed by atoms with van der Waals surface area (Å²) < 4.78 is 34.8. The summed E-state index contributed by atoms with van der Waals surface area (Å²) in [5.41, 5.74) is 4.63. The molecule has 0 aromatic rings. The number of hydrogen-bond donors (Lipinski definition) is 2. The zero-order chi connectivity index (χ0) is 8.36. The molecule has 0 radical (unpaired) electrons. The number of rotatable bonds is 2. The second-order valence-electron chi connectivity index (χ2n) is 2.04. The highest BCUT2D eigenvalue weighted by Gasteiger charge is 2.40. The molecule has 10 heavy (non-hydrogen) atoms. The van der Waals surface area contributed by atoms with Gasteiger partial charge in [-0.1, -0.05) is 6.92 Å². The third-order valence-electron chi connectivity index (χ3n) is 1.21. The molecule has 3 N–H and O–H groups in total. The first kappa shape index (κ1) is 9.71. The minimum atomic E-state index is -4.49. The van der Waals surface area contributed by atoms with Gasteiger partial charge >= 0.3 is 6.18 Å². The van der Waals surface area contributed by atoms with Gasteiger partial charge < -0.3 is 10.8 Å². The van der Waals surface area contributed by atoms with E-state index in [1.807, 2.05) is 0 Å². The Morgan fingerprint density at radius 3 is 2.00 bits per heavy atom. The van der Waals surface area contributed by atoms with Crippen molar-refractivity contribution in [1.29, 1.82) is 0 Å². The minimum Gasteiger partial charge on any atom is -0.391 e. The van der Waals surface area contributed by atoms with Gasteiger partial charge in [-0.15, -0.1) is 0 Å². The topological polar surface area (TPSA) is 46.2 Å². The highest BCUT2D eigenvalue weighted by atomic mass is 19.4. The lowest BCUT2D eigenvalue weighted by Crippen LogP contribution is -2.46. The molecule has 0 saturated heterocycles. The van der Waals surface area contributed by atoms with Crippen LogP contribution in [0.1, 0.15) is 13.3 Å². The Bertz CT molecular complexity index is 104. The SMILES string of the molecule is CC[C@@H](O)[C@@H](N)C(F)(F)F. The molecule has 0 heterocycles. The Labute approximate surface area is 56.8 Å². The van der Waals surface area contributed by atoms with Crippen LogP contribution in [0.2, 0.25) is 0 Å². The van der Waals surface area contributed by atoms with Gasteiger partial charge in [0.1, 0.15) is 6.04 Å². The molecule has 0 bridgehead atoms. The van der Waals surface area contributed by atoms with E-state index in [2.05, 4.69) is 5.73 Å². The summed E-state index contributed by atoms with van der Waals surface area (Å²) in [4.78, 5) is 0. The van der Waals surface area contributed by atoms with E-state index in [1.165, 1.54) is 6.92 Å². The minimum absolute atomic E-state index is 0.0146. The van der Waals surface area contributed by atoms with Crippen LogP contribution in [-0.2, 0) is 0 Å². The Kier molecular flexibility index (Phi) is 3.11. The van der Waals surface area contributed by atoms with Gasteiger partial charge in [-0.3, -0.25) is 0 Å². The van der Waals surface area contributed by atoms with Crippen LogP contribution in [0.15, 0.2) is 0 Å². The van der Waals surface area contributed by atoms with E-state index in [9.17, 15) is 13.2 Å². The standard InChI is InChI=1S/C5H10F3NO/c1-2-3(10)4(9)5(6,7)8/h3-4,10H,2,9H2,1H3/t3-,4-/m1/s1. The Balaban J connectivity index is 3.94. The van der Waals surface area contributed by atoms with E-state index in [0.717, 1.165) is 0 Å². The molecule has 0 fully saturated rings. The molecule has 0 unspecified atom stereocenters. The van der Waals surface area contributed by atoms with Crippen molar-refractivity contribution in [3.05, 3.63) is 0 Å². The molecule has 0 saturated carbocycles. The average Bonchev–Trinajstić information content (AvgIpc) is 1.83. The van der Waals surface area contributed by atoms with Crippen molar-refractivity contribution >= 4 is 0 Å².